The standard InChI is InChI=1S/C28H36N4O3/c1-30-22-12-13-23(30)20-32(19-21-7-2-4-9-25(21)29-15-14-22)28(34)24-8-3-5-10-26(24)35-18-17-31-16-6-11-27(31)33/h2-5,7-10,22-23,29H,6,11-20H2,1H3/t22-,23+/m0/s1. The number of carbonyl (C=O) groups excluding carboxylic acids is 2. The van der Waals surface area contributed by atoms with Crippen molar-refractivity contribution in [3.63, 3.8) is 0 Å². The Balaban J connectivity index is 1.37. The number of anilines is 1. The molecule has 0 aliphatic carbocycles. The maximum atomic E-state index is 14.0. The van der Waals surface area contributed by atoms with Gasteiger partial charge in [0, 0.05) is 50.4 Å². The third-order valence-corrected chi connectivity index (χ3v) is 7.78. The number of fused-ring (bicyclic) bond motifs is 3. The van der Waals surface area contributed by atoms with Crippen LogP contribution >= 0.6 is 0 Å². The maximum absolute atomic E-state index is 14.0. The van der Waals surface area contributed by atoms with E-state index in [1.165, 1.54) is 6.42 Å². The predicted octanol–water partition coefficient (Wildman–Crippen LogP) is 3.61. The molecule has 2 amide bonds. The van der Waals surface area contributed by atoms with Gasteiger partial charge < -0.3 is 19.9 Å². The SMILES string of the molecule is CN1[C@@H]2CCNc3ccccc3CN(C(=O)c3ccccc3OCCN3CCCC3=O)C[C@H]1CC2. The lowest BCUT2D eigenvalue weighted by molar-refractivity contribution is -0.128. The number of likely N-dealkylation sites (N-methyl/N-ethyl adjacent to an activating group) is 1. The number of likely N-dealkylation sites (tertiary alicyclic amines) is 1. The van der Waals surface area contributed by atoms with Gasteiger partial charge in [-0.1, -0.05) is 30.3 Å². The smallest absolute Gasteiger partial charge is 0.257 e. The molecule has 0 spiro atoms. The summed E-state index contributed by atoms with van der Waals surface area (Å²) in [6, 6.07) is 16.7. The molecule has 2 fully saturated rings. The van der Waals surface area contributed by atoms with Crippen LogP contribution in [-0.2, 0) is 11.3 Å². The fraction of sp³-hybridized carbons (Fsp3) is 0.500. The van der Waals surface area contributed by atoms with Crippen molar-refractivity contribution in [1.82, 2.24) is 14.7 Å². The zero-order valence-electron chi connectivity index (χ0n) is 20.6. The molecule has 2 atom stereocenters. The van der Waals surface area contributed by atoms with Crippen molar-refractivity contribution < 1.29 is 14.3 Å². The highest BCUT2D eigenvalue weighted by Gasteiger charge is 2.34. The second kappa shape index (κ2) is 10.7. The molecule has 2 bridgehead atoms. The number of hydrogen-bond donors (Lipinski definition) is 1. The van der Waals surface area contributed by atoms with Crippen LogP contribution in [0.3, 0.4) is 0 Å². The van der Waals surface area contributed by atoms with Gasteiger partial charge in [0.25, 0.3) is 5.91 Å². The Morgan fingerprint density at radius 1 is 1.06 bits per heavy atom. The quantitative estimate of drug-likeness (QED) is 0.714. The third-order valence-electron chi connectivity index (χ3n) is 7.78. The predicted molar refractivity (Wildman–Crippen MR) is 137 cm³/mol. The van der Waals surface area contributed by atoms with Crippen molar-refractivity contribution in [2.24, 2.45) is 0 Å². The molecule has 5 rings (SSSR count). The number of hydrogen-bond acceptors (Lipinski definition) is 5. The minimum absolute atomic E-state index is 0.0104. The summed E-state index contributed by atoms with van der Waals surface area (Å²) >= 11 is 0. The minimum atomic E-state index is -0.0104. The Bertz CT molecular complexity index is 1060. The Morgan fingerprint density at radius 3 is 2.71 bits per heavy atom. The number of nitrogens with one attached hydrogen (secondary N) is 1. The zero-order chi connectivity index (χ0) is 24.2. The van der Waals surface area contributed by atoms with Gasteiger partial charge in [0.15, 0.2) is 0 Å². The molecule has 2 saturated heterocycles. The van der Waals surface area contributed by atoms with Gasteiger partial charge in [-0.15, -0.1) is 0 Å². The molecule has 0 aromatic heterocycles. The molecule has 2 aromatic rings. The fourth-order valence-electron chi connectivity index (χ4n) is 5.69. The first-order valence-corrected chi connectivity index (χ1v) is 12.9. The van der Waals surface area contributed by atoms with Crippen molar-refractivity contribution in [2.45, 2.75) is 50.7 Å². The van der Waals surface area contributed by atoms with Gasteiger partial charge in [-0.05, 0) is 56.5 Å². The van der Waals surface area contributed by atoms with E-state index in [1.54, 1.807) is 0 Å². The molecule has 3 heterocycles. The monoisotopic (exact) mass is 476 g/mol. The number of rotatable bonds is 5. The van der Waals surface area contributed by atoms with Crippen LogP contribution in [0.15, 0.2) is 48.5 Å². The van der Waals surface area contributed by atoms with E-state index in [2.05, 4.69) is 29.4 Å². The number of carbonyl (C=O) groups is 2. The van der Waals surface area contributed by atoms with Crippen LogP contribution in [0, 0.1) is 0 Å². The van der Waals surface area contributed by atoms with Gasteiger partial charge in [0.1, 0.15) is 12.4 Å². The van der Waals surface area contributed by atoms with E-state index in [0.717, 1.165) is 43.6 Å². The normalized spacial score (nSPS) is 22.9. The van der Waals surface area contributed by atoms with Crippen LogP contribution in [-0.4, -0.2) is 78.4 Å². The van der Waals surface area contributed by atoms with Gasteiger partial charge >= 0.3 is 0 Å². The first kappa shape index (κ1) is 23.7. The Hall–Kier alpha value is -3.06. The van der Waals surface area contributed by atoms with Crippen molar-refractivity contribution in [1.29, 1.82) is 0 Å². The summed E-state index contributed by atoms with van der Waals surface area (Å²) in [5.74, 6) is 0.763. The molecule has 7 nitrogen and oxygen atoms in total. The molecular weight excluding hydrogens is 440 g/mol. The lowest BCUT2D eigenvalue weighted by atomic mass is 10.1. The van der Waals surface area contributed by atoms with Crippen molar-refractivity contribution in [3.8, 4) is 5.75 Å². The molecular formula is C28H36N4O3. The number of benzene rings is 2. The first-order chi connectivity index (χ1) is 17.1. The molecule has 3 aliphatic heterocycles. The van der Waals surface area contributed by atoms with Crippen molar-refractivity contribution >= 4 is 17.5 Å². The molecule has 0 unspecified atom stereocenters. The van der Waals surface area contributed by atoms with E-state index in [9.17, 15) is 9.59 Å². The number of para-hydroxylation sites is 2. The topological polar surface area (TPSA) is 65.1 Å². The van der Waals surface area contributed by atoms with Gasteiger partial charge in [-0.3, -0.25) is 14.5 Å². The average molecular weight is 477 g/mol. The minimum Gasteiger partial charge on any atom is -0.491 e. The molecule has 7 heteroatoms. The summed E-state index contributed by atoms with van der Waals surface area (Å²) in [6.07, 6.45) is 4.91. The third kappa shape index (κ3) is 5.30. The van der Waals surface area contributed by atoms with Crippen LogP contribution in [0.25, 0.3) is 0 Å². The van der Waals surface area contributed by atoms with E-state index < -0.39 is 0 Å². The van der Waals surface area contributed by atoms with Crippen LogP contribution in [0.4, 0.5) is 5.69 Å². The molecule has 3 aliphatic rings. The van der Waals surface area contributed by atoms with Crippen LogP contribution in [0.2, 0.25) is 0 Å². The van der Waals surface area contributed by atoms with Crippen molar-refractivity contribution in [2.75, 3.05) is 45.2 Å². The van der Waals surface area contributed by atoms with Gasteiger partial charge in [-0.2, -0.15) is 0 Å². The summed E-state index contributed by atoms with van der Waals surface area (Å²) in [6.45, 7) is 3.90. The maximum Gasteiger partial charge on any atom is 0.257 e. The van der Waals surface area contributed by atoms with E-state index in [4.69, 9.17) is 4.74 Å². The van der Waals surface area contributed by atoms with E-state index in [-0.39, 0.29) is 11.8 Å². The van der Waals surface area contributed by atoms with E-state index >= 15 is 0 Å². The Labute approximate surface area is 208 Å². The lowest BCUT2D eigenvalue weighted by Gasteiger charge is -2.31. The lowest BCUT2D eigenvalue weighted by Crippen LogP contribution is -2.43. The van der Waals surface area contributed by atoms with Crippen molar-refractivity contribution in [3.05, 3.63) is 59.7 Å². The van der Waals surface area contributed by atoms with Gasteiger partial charge in [0.05, 0.1) is 12.1 Å². The summed E-state index contributed by atoms with van der Waals surface area (Å²) in [4.78, 5) is 32.2. The highest BCUT2D eigenvalue weighted by molar-refractivity contribution is 5.97. The first-order valence-electron chi connectivity index (χ1n) is 12.9. The second-order valence-corrected chi connectivity index (χ2v) is 9.94. The summed E-state index contributed by atoms with van der Waals surface area (Å²) < 4.78 is 6.07. The van der Waals surface area contributed by atoms with E-state index in [0.29, 0.717) is 56.1 Å². The highest BCUT2D eigenvalue weighted by Crippen LogP contribution is 2.29. The highest BCUT2D eigenvalue weighted by atomic mass is 16.5. The molecule has 1 N–H and O–H groups in total. The Morgan fingerprint density at radius 2 is 1.86 bits per heavy atom. The Kier molecular flexibility index (Phi) is 7.23. The number of amides is 2. The molecule has 35 heavy (non-hydrogen) atoms. The van der Waals surface area contributed by atoms with Crippen LogP contribution in [0.5, 0.6) is 5.75 Å². The fourth-order valence-corrected chi connectivity index (χ4v) is 5.69. The number of ether oxygens (including phenoxy) is 1. The van der Waals surface area contributed by atoms with Crippen LogP contribution in [0.1, 0.15) is 48.0 Å². The summed E-state index contributed by atoms with van der Waals surface area (Å²) in [5, 5.41) is 3.61. The largest absolute Gasteiger partial charge is 0.491 e. The molecule has 0 radical (unpaired) electrons. The summed E-state index contributed by atoms with van der Waals surface area (Å²) in [5.41, 5.74) is 2.82. The van der Waals surface area contributed by atoms with Crippen LogP contribution < -0.4 is 10.1 Å². The number of nitrogens with zero attached hydrogens (tertiary/aromatic N) is 3. The van der Waals surface area contributed by atoms with Gasteiger partial charge in [-0.25, -0.2) is 0 Å². The average Bonchev–Trinajstić information content (AvgIpc) is 3.43. The molecule has 2 aromatic carbocycles. The molecule has 186 valence electrons. The summed E-state index contributed by atoms with van der Waals surface area (Å²) in [7, 11) is 2.20. The zero-order valence-corrected chi connectivity index (χ0v) is 20.6. The molecule has 0 saturated carbocycles. The second-order valence-electron chi connectivity index (χ2n) is 9.94. The van der Waals surface area contributed by atoms with E-state index in [1.807, 2.05) is 46.2 Å². The van der Waals surface area contributed by atoms with Gasteiger partial charge in [0.2, 0.25) is 5.91 Å².